The van der Waals surface area contributed by atoms with Crippen LogP contribution >= 0.6 is 11.3 Å². The summed E-state index contributed by atoms with van der Waals surface area (Å²) in [5, 5.41) is 10.3. The second-order valence-electron chi connectivity index (χ2n) is 6.50. The highest BCUT2D eigenvalue weighted by Crippen LogP contribution is 2.39. The van der Waals surface area contributed by atoms with Crippen LogP contribution in [-0.4, -0.2) is 16.1 Å². The highest BCUT2D eigenvalue weighted by molar-refractivity contribution is 7.20. The van der Waals surface area contributed by atoms with Crippen LogP contribution in [0.3, 0.4) is 0 Å². The molecule has 0 unspecified atom stereocenters. The number of rotatable bonds is 1. The summed E-state index contributed by atoms with van der Waals surface area (Å²) in [6.07, 6.45) is 4.49. The predicted octanol–water partition coefficient (Wildman–Crippen LogP) is 4.17. The average Bonchev–Trinajstić information content (AvgIpc) is 2.77. The lowest BCUT2D eigenvalue weighted by Crippen LogP contribution is -2.19. The fourth-order valence-electron chi connectivity index (χ4n) is 3.17. The maximum atomic E-state index is 11.2. The quantitative estimate of drug-likeness (QED) is 0.857. The molecule has 2 aromatic rings. The number of aromatic nitrogens is 1. The van der Waals surface area contributed by atoms with E-state index in [1.165, 1.54) is 41.0 Å². The van der Waals surface area contributed by atoms with E-state index in [9.17, 15) is 9.90 Å². The fourth-order valence-corrected chi connectivity index (χ4v) is 4.07. The van der Waals surface area contributed by atoms with Crippen LogP contribution in [0.5, 0.6) is 0 Å². The molecule has 2 heterocycles. The van der Waals surface area contributed by atoms with Crippen LogP contribution in [0.2, 0.25) is 0 Å². The number of aromatic carboxylic acids is 1. The SMILES string of the molecule is CC(C)(C)c1c2c(nc3sc(C(=O)O)cc13)CCCC2. The van der Waals surface area contributed by atoms with Crippen LogP contribution in [-0.2, 0) is 18.3 Å². The predicted molar refractivity (Wildman–Crippen MR) is 81.9 cm³/mol. The monoisotopic (exact) mass is 289 g/mol. The minimum absolute atomic E-state index is 0.0134. The molecule has 1 N–H and O–H groups in total. The van der Waals surface area contributed by atoms with Crippen LogP contribution in [0.25, 0.3) is 10.2 Å². The van der Waals surface area contributed by atoms with E-state index in [0.717, 1.165) is 23.1 Å². The van der Waals surface area contributed by atoms with E-state index < -0.39 is 5.97 Å². The number of fused-ring (bicyclic) bond motifs is 2. The molecule has 1 aliphatic carbocycles. The first-order chi connectivity index (χ1) is 9.38. The van der Waals surface area contributed by atoms with Crippen LogP contribution in [0, 0.1) is 0 Å². The summed E-state index contributed by atoms with van der Waals surface area (Å²) in [5.74, 6) is -0.856. The van der Waals surface area contributed by atoms with Crippen molar-refractivity contribution in [2.75, 3.05) is 0 Å². The number of carboxylic acid groups (broad SMARTS) is 1. The molecule has 0 bridgehead atoms. The Kier molecular flexibility index (Phi) is 3.09. The minimum atomic E-state index is -0.856. The van der Waals surface area contributed by atoms with Crippen molar-refractivity contribution in [2.45, 2.75) is 51.9 Å². The lowest BCUT2D eigenvalue weighted by atomic mass is 9.78. The molecule has 3 nitrogen and oxygen atoms in total. The van der Waals surface area contributed by atoms with Gasteiger partial charge in [0.15, 0.2) is 0 Å². The molecule has 0 fully saturated rings. The van der Waals surface area contributed by atoms with Crippen LogP contribution in [0.4, 0.5) is 0 Å². The Morgan fingerprint density at radius 2 is 2.00 bits per heavy atom. The molecule has 0 saturated heterocycles. The molecule has 0 atom stereocenters. The van der Waals surface area contributed by atoms with Crippen molar-refractivity contribution in [3.63, 3.8) is 0 Å². The summed E-state index contributed by atoms with van der Waals surface area (Å²) in [4.78, 5) is 17.3. The Hall–Kier alpha value is -1.42. The van der Waals surface area contributed by atoms with Crippen LogP contribution < -0.4 is 0 Å². The molecular weight excluding hydrogens is 270 g/mol. The van der Waals surface area contributed by atoms with Gasteiger partial charge < -0.3 is 5.11 Å². The van der Waals surface area contributed by atoms with E-state index in [2.05, 4.69) is 20.8 Å². The minimum Gasteiger partial charge on any atom is -0.477 e. The number of carboxylic acids is 1. The lowest BCUT2D eigenvalue weighted by Gasteiger charge is -2.27. The number of nitrogens with zero attached hydrogens (tertiary/aromatic N) is 1. The second kappa shape index (κ2) is 4.55. The summed E-state index contributed by atoms with van der Waals surface area (Å²) in [5.41, 5.74) is 3.87. The van der Waals surface area contributed by atoms with E-state index in [1.807, 2.05) is 6.07 Å². The van der Waals surface area contributed by atoms with Crippen LogP contribution in [0.1, 0.15) is 60.1 Å². The first-order valence-corrected chi connectivity index (χ1v) is 7.88. The molecular formula is C16H19NO2S. The number of hydrogen-bond donors (Lipinski definition) is 1. The van der Waals surface area contributed by atoms with Gasteiger partial charge in [0.2, 0.25) is 0 Å². The molecule has 0 saturated carbocycles. The Labute approximate surface area is 122 Å². The molecule has 0 aliphatic heterocycles. The highest BCUT2D eigenvalue weighted by atomic mass is 32.1. The Bertz CT molecular complexity index is 695. The Morgan fingerprint density at radius 3 is 2.65 bits per heavy atom. The van der Waals surface area contributed by atoms with Crippen LogP contribution in [0.15, 0.2) is 6.07 Å². The zero-order valence-electron chi connectivity index (χ0n) is 12.1. The van der Waals surface area contributed by atoms with E-state index in [0.29, 0.717) is 4.88 Å². The molecule has 106 valence electrons. The van der Waals surface area contributed by atoms with Gasteiger partial charge in [-0.2, -0.15) is 0 Å². The van der Waals surface area contributed by atoms with E-state index in [-0.39, 0.29) is 5.41 Å². The van der Waals surface area contributed by atoms with Crippen molar-refractivity contribution in [3.05, 3.63) is 27.8 Å². The molecule has 2 aromatic heterocycles. The summed E-state index contributed by atoms with van der Waals surface area (Å²) in [7, 11) is 0. The molecule has 0 radical (unpaired) electrons. The molecule has 0 aromatic carbocycles. The lowest BCUT2D eigenvalue weighted by molar-refractivity contribution is 0.0702. The molecule has 0 spiro atoms. The average molecular weight is 289 g/mol. The Balaban J connectivity index is 2.37. The Morgan fingerprint density at radius 1 is 1.30 bits per heavy atom. The van der Waals surface area contributed by atoms with Gasteiger partial charge in [0, 0.05) is 11.1 Å². The summed E-state index contributed by atoms with van der Waals surface area (Å²) in [6.45, 7) is 6.61. The molecule has 3 rings (SSSR count). The standard InChI is InChI=1S/C16H19NO2S/c1-16(2,3)13-9-6-4-5-7-11(9)17-14-10(13)8-12(20-14)15(18)19/h8H,4-7H2,1-3H3,(H,18,19). The molecule has 0 amide bonds. The van der Waals surface area contributed by atoms with Crippen molar-refractivity contribution >= 4 is 27.5 Å². The van der Waals surface area contributed by atoms with Gasteiger partial charge in [-0.05, 0) is 48.3 Å². The van der Waals surface area contributed by atoms with Gasteiger partial charge >= 0.3 is 5.97 Å². The van der Waals surface area contributed by atoms with Crippen molar-refractivity contribution in [2.24, 2.45) is 0 Å². The summed E-state index contributed by atoms with van der Waals surface area (Å²) < 4.78 is 0. The normalized spacial score (nSPS) is 15.3. The number of aryl methyl sites for hydroxylation is 1. The van der Waals surface area contributed by atoms with E-state index >= 15 is 0 Å². The number of hydrogen-bond acceptors (Lipinski definition) is 3. The maximum Gasteiger partial charge on any atom is 0.345 e. The third kappa shape index (κ3) is 2.12. The number of thiophene rings is 1. The highest BCUT2D eigenvalue weighted by Gasteiger charge is 2.27. The zero-order valence-corrected chi connectivity index (χ0v) is 12.9. The third-order valence-corrected chi connectivity index (χ3v) is 4.94. The fraction of sp³-hybridized carbons (Fsp3) is 0.500. The number of pyridine rings is 1. The van der Waals surface area contributed by atoms with Gasteiger partial charge in [0.1, 0.15) is 9.71 Å². The summed E-state index contributed by atoms with van der Waals surface area (Å²) >= 11 is 1.30. The van der Waals surface area contributed by atoms with Gasteiger partial charge in [-0.1, -0.05) is 20.8 Å². The van der Waals surface area contributed by atoms with Crippen molar-refractivity contribution in [3.8, 4) is 0 Å². The molecule has 4 heteroatoms. The first-order valence-electron chi connectivity index (χ1n) is 7.07. The first kappa shape index (κ1) is 13.6. The van der Waals surface area contributed by atoms with Gasteiger partial charge in [-0.15, -0.1) is 11.3 Å². The third-order valence-electron chi connectivity index (χ3n) is 3.92. The topological polar surface area (TPSA) is 50.2 Å². The van der Waals surface area contributed by atoms with Crippen molar-refractivity contribution < 1.29 is 9.90 Å². The largest absolute Gasteiger partial charge is 0.477 e. The van der Waals surface area contributed by atoms with Gasteiger partial charge in [-0.25, -0.2) is 9.78 Å². The smallest absolute Gasteiger partial charge is 0.345 e. The van der Waals surface area contributed by atoms with Gasteiger partial charge in [0.25, 0.3) is 0 Å². The summed E-state index contributed by atoms with van der Waals surface area (Å²) in [6, 6.07) is 1.81. The van der Waals surface area contributed by atoms with Gasteiger partial charge in [-0.3, -0.25) is 0 Å². The maximum absolute atomic E-state index is 11.2. The van der Waals surface area contributed by atoms with Crippen molar-refractivity contribution in [1.29, 1.82) is 0 Å². The zero-order chi connectivity index (χ0) is 14.5. The molecule has 1 aliphatic rings. The number of carbonyl (C=O) groups is 1. The molecule has 20 heavy (non-hydrogen) atoms. The van der Waals surface area contributed by atoms with E-state index in [1.54, 1.807) is 0 Å². The second-order valence-corrected chi connectivity index (χ2v) is 7.53. The van der Waals surface area contributed by atoms with E-state index in [4.69, 9.17) is 4.98 Å². The van der Waals surface area contributed by atoms with Crippen molar-refractivity contribution in [1.82, 2.24) is 4.98 Å². The van der Waals surface area contributed by atoms with Gasteiger partial charge in [0.05, 0.1) is 0 Å².